The van der Waals surface area contributed by atoms with Gasteiger partial charge in [-0.1, -0.05) is 0 Å². The van der Waals surface area contributed by atoms with E-state index in [4.69, 9.17) is 10.5 Å². The summed E-state index contributed by atoms with van der Waals surface area (Å²) >= 11 is 0. The molecular weight excluding hydrogens is 226 g/mol. The molecule has 1 unspecified atom stereocenters. The van der Waals surface area contributed by atoms with Crippen molar-refractivity contribution >= 4 is 22.3 Å². The molecule has 3 rings (SSSR count). The Bertz CT molecular complexity index is 570. The van der Waals surface area contributed by atoms with Gasteiger partial charge in [-0.15, -0.1) is 0 Å². The van der Waals surface area contributed by atoms with Crippen molar-refractivity contribution in [2.24, 2.45) is 0 Å². The van der Waals surface area contributed by atoms with Crippen molar-refractivity contribution in [2.45, 2.75) is 13.0 Å². The van der Waals surface area contributed by atoms with Crippen LogP contribution in [-0.2, 0) is 4.74 Å². The van der Waals surface area contributed by atoms with E-state index in [-0.39, 0.29) is 0 Å². The van der Waals surface area contributed by atoms with Gasteiger partial charge >= 0.3 is 0 Å². The number of aromatic nitrogens is 1. The van der Waals surface area contributed by atoms with Crippen LogP contribution in [0.2, 0.25) is 0 Å². The lowest BCUT2D eigenvalue weighted by Crippen LogP contribution is -2.44. The van der Waals surface area contributed by atoms with Gasteiger partial charge in [0.1, 0.15) is 0 Å². The quantitative estimate of drug-likeness (QED) is 0.779. The maximum atomic E-state index is 6.29. The highest BCUT2D eigenvalue weighted by atomic mass is 16.5. The van der Waals surface area contributed by atoms with Crippen molar-refractivity contribution in [3.05, 3.63) is 30.5 Å². The molecule has 0 bridgehead atoms. The van der Waals surface area contributed by atoms with Crippen LogP contribution >= 0.6 is 0 Å². The summed E-state index contributed by atoms with van der Waals surface area (Å²) in [5.41, 5.74) is 9.14. The fourth-order valence-corrected chi connectivity index (χ4v) is 2.50. The SMILES string of the molecule is CC1COCCN1c1ccc2ncccc2c1N. The van der Waals surface area contributed by atoms with Crippen molar-refractivity contribution in [1.82, 2.24) is 4.98 Å². The van der Waals surface area contributed by atoms with E-state index in [1.54, 1.807) is 6.20 Å². The molecule has 1 aliphatic heterocycles. The van der Waals surface area contributed by atoms with Gasteiger partial charge in [0.15, 0.2) is 0 Å². The van der Waals surface area contributed by atoms with E-state index >= 15 is 0 Å². The summed E-state index contributed by atoms with van der Waals surface area (Å²) in [6.45, 7) is 4.56. The van der Waals surface area contributed by atoms with Gasteiger partial charge in [-0.05, 0) is 31.2 Å². The molecule has 0 aliphatic carbocycles. The lowest BCUT2D eigenvalue weighted by atomic mass is 10.1. The maximum Gasteiger partial charge on any atom is 0.0724 e. The average Bonchev–Trinajstić information content (AvgIpc) is 2.41. The second-order valence-electron chi connectivity index (χ2n) is 4.69. The molecule has 4 nitrogen and oxygen atoms in total. The van der Waals surface area contributed by atoms with E-state index < -0.39 is 0 Å². The maximum absolute atomic E-state index is 6.29. The molecule has 2 N–H and O–H groups in total. The van der Waals surface area contributed by atoms with Crippen LogP contribution in [0.25, 0.3) is 10.9 Å². The van der Waals surface area contributed by atoms with Crippen LogP contribution in [0, 0.1) is 0 Å². The summed E-state index contributed by atoms with van der Waals surface area (Å²) in [5.74, 6) is 0. The summed E-state index contributed by atoms with van der Waals surface area (Å²) < 4.78 is 5.47. The second kappa shape index (κ2) is 4.46. The molecule has 94 valence electrons. The summed E-state index contributed by atoms with van der Waals surface area (Å²) in [4.78, 5) is 6.63. The zero-order valence-electron chi connectivity index (χ0n) is 10.5. The largest absolute Gasteiger partial charge is 0.396 e. The lowest BCUT2D eigenvalue weighted by molar-refractivity contribution is 0.0990. The Morgan fingerprint density at radius 2 is 2.28 bits per heavy atom. The van der Waals surface area contributed by atoms with Crippen LogP contribution in [0.4, 0.5) is 11.4 Å². The molecule has 1 atom stereocenters. The molecule has 0 saturated carbocycles. The predicted molar refractivity (Wildman–Crippen MR) is 73.8 cm³/mol. The normalized spacial score (nSPS) is 20.3. The number of ether oxygens (including phenoxy) is 1. The first-order valence-corrected chi connectivity index (χ1v) is 6.25. The number of fused-ring (bicyclic) bond motifs is 1. The third kappa shape index (κ3) is 1.78. The average molecular weight is 243 g/mol. The van der Waals surface area contributed by atoms with Gasteiger partial charge in [-0.25, -0.2) is 0 Å². The number of pyridine rings is 1. The molecule has 2 heterocycles. The van der Waals surface area contributed by atoms with E-state index in [0.717, 1.165) is 42.0 Å². The fourth-order valence-electron chi connectivity index (χ4n) is 2.50. The van der Waals surface area contributed by atoms with E-state index in [1.807, 2.05) is 18.2 Å². The Morgan fingerprint density at radius 1 is 1.39 bits per heavy atom. The number of hydrogen-bond donors (Lipinski definition) is 1. The number of rotatable bonds is 1. The first-order valence-electron chi connectivity index (χ1n) is 6.25. The van der Waals surface area contributed by atoms with E-state index in [0.29, 0.717) is 6.04 Å². The third-order valence-corrected chi connectivity index (χ3v) is 3.48. The molecule has 0 radical (unpaired) electrons. The highest BCUT2D eigenvalue weighted by molar-refractivity contribution is 5.97. The third-order valence-electron chi connectivity index (χ3n) is 3.48. The number of nitrogens with zero attached hydrogens (tertiary/aromatic N) is 2. The number of nitrogen functional groups attached to an aromatic ring is 1. The minimum Gasteiger partial charge on any atom is -0.396 e. The Labute approximate surface area is 106 Å². The molecular formula is C14H17N3O. The summed E-state index contributed by atoms with van der Waals surface area (Å²) in [7, 11) is 0. The molecule has 1 saturated heterocycles. The molecule has 0 spiro atoms. The first kappa shape index (κ1) is 11.3. The summed E-state index contributed by atoms with van der Waals surface area (Å²) in [6, 6.07) is 8.39. The standard InChI is InChI=1S/C14H17N3O/c1-10-9-18-8-7-17(10)13-5-4-12-11(14(13)15)3-2-6-16-12/h2-6,10H,7-9,15H2,1H3. The van der Waals surface area contributed by atoms with Crippen LogP contribution < -0.4 is 10.6 Å². The van der Waals surface area contributed by atoms with E-state index in [9.17, 15) is 0 Å². The van der Waals surface area contributed by atoms with Crippen LogP contribution in [-0.4, -0.2) is 30.8 Å². The van der Waals surface area contributed by atoms with Crippen molar-refractivity contribution in [2.75, 3.05) is 30.4 Å². The minimum atomic E-state index is 0.357. The lowest BCUT2D eigenvalue weighted by Gasteiger charge is -2.36. The van der Waals surface area contributed by atoms with Crippen LogP contribution in [0.3, 0.4) is 0 Å². The van der Waals surface area contributed by atoms with Crippen LogP contribution in [0.1, 0.15) is 6.92 Å². The molecule has 18 heavy (non-hydrogen) atoms. The van der Waals surface area contributed by atoms with Gasteiger partial charge in [0, 0.05) is 24.2 Å². The highest BCUT2D eigenvalue weighted by Gasteiger charge is 2.21. The van der Waals surface area contributed by atoms with Crippen molar-refractivity contribution in [1.29, 1.82) is 0 Å². The van der Waals surface area contributed by atoms with E-state index in [1.165, 1.54) is 0 Å². The Balaban J connectivity index is 2.09. The number of morpholine rings is 1. The molecule has 4 heteroatoms. The summed E-state index contributed by atoms with van der Waals surface area (Å²) in [6.07, 6.45) is 1.79. The molecule has 0 amide bonds. The molecule has 1 aromatic carbocycles. The van der Waals surface area contributed by atoms with E-state index in [2.05, 4.69) is 22.9 Å². The number of nitrogens with two attached hydrogens (primary N) is 1. The Morgan fingerprint density at radius 3 is 3.11 bits per heavy atom. The Kier molecular flexibility index (Phi) is 2.80. The topological polar surface area (TPSA) is 51.4 Å². The van der Waals surface area contributed by atoms with Gasteiger partial charge in [0.05, 0.1) is 30.1 Å². The molecule has 2 aromatic rings. The van der Waals surface area contributed by atoms with Gasteiger partial charge in [-0.3, -0.25) is 4.98 Å². The smallest absolute Gasteiger partial charge is 0.0724 e. The minimum absolute atomic E-state index is 0.357. The molecule has 1 fully saturated rings. The second-order valence-corrected chi connectivity index (χ2v) is 4.69. The zero-order valence-corrected chi connectivity index (χ0v) is 10.5. The zero-order chi connectivity index (χ0) is 12.5. The van der Waals surface area contributed by atoms with Gasteiger partial charge in [0.2, 0.25) is 0 Å². The number of benzene rings is 1. The molecule has 1 aliphatic rings. The number of hydrogen-bond acceptors (Lipinski definition) is 4. The van der Waals surface area contributed by atoms with Crippen molar-refractivity contribution in [3.8, 4) is 0 Å². The fraction of sp³-hybridized carbons (Fsp3) is 0.357. The summed E-state index contributed by atoms with van der Waals surface area (Å²) in [5, 5.41) is 1.02. The van der Waals surface area contributed by atoms with Crippen LogP contribution in [0.15, 0.2) is 30.5 Å². The van der Waals surface area contributed by atoms with Crippen molar-refractivity contribution in [3.63, 3.8) is 0 Å². The Hall–Kier alpha value is -1.81. The monoisotopic (exact) mass is 243 g/mol. The van der Waals surface area contributed by atoms with Crippen molar-refractivity contribution < 1.29 is 4.74 Å². The van der Waals surface area contributed by atoms with Gasteiger partial charge in [0.25, 0.3) is 0 Å². The number of anilines is 2. The first-order chi connectivity index (χ1) is 8.77. The van der Waals surface area contributed by atoms with Gasteiger partial charge < -0.3 is 15.4 Å². The van der Waals surface area contributed by atoms with Crippen LogP contribution in [0.5, 0.6) is 0 Å². The highest BCUT2D eigenvalue weighted by Crippen LogP contribution is 2.32. The van der Waals surface area contributed by atoms with Gasteiger partial charge in [-0.2, -0.15) is 0 Å². The predicted octanol–water partition coefficient (Wildman–Crippen LogP) is 2.04. The molecule has 1 aromatic heterocycles.